The molecule has 2 atom stereocenters. The Bertz CT molecular complexity index is 801. The van der Waals surface area contributed by atoms with Gasteiger partial charge in [0.1, 0.15) is 0 Å². The minimum Gasteiger partial charge on any atom is -0.351 e. The van der Waals surface area contributed by atoms with Crippen molar-refractivity contribution in [3.05, 3.63) is 34.3 Å². The van der Waals surface area contributed by atoms with Crippen LogP contribution in [0.15, 0.2) is 18.2 Å². The summed E-state index contributed by atoms with van der Waals surface area (Å²) in [5.74, 6) is 1.13. The van der Waals surface area contributed by atoms with Gasteiger partial charge in [-0.15, -0.1) is 0 Å². The van der Waals surface area contributed by atoms with Crippen LogP contribution in [0.3, 0.4) is 0 Å². The minimum absolute atomic E-state index is 0.0603. The lowest BCUT2D eigenvalue weighted by atomic mass is 9.67. The third-order valence-corrected chi connectivity index (χ3v) is 7.82. The van der Waals surface area contributed by atoms with Gasteiger partial charge in [0.2, 0.25) is 11.8 Å². The van der Waals surface area contributed by atoms with Crippen molar-refractivity contribution < 1.29 is 9.59 Å². The maximum absolute atomic E-state index is 12.9. The number of nitrogens with one attached hydrogen (secondary N) is 1. The highest BCUT2D eigenvalue weighted by Crippen LogP contribution is 2.60. The molecule has 2 heterocycles. The van der Waals surface area contributed by atoms with Gasteiger partial charge in [0.25, 0.3) is 0 Å². The molecular formula is C21H25ClN2O2. The average Bonchev–Trinajstić information content (AvgIpc) is 3.21. The van der Waals surface area contributed by atoms with Crippen LogP contribution in [0.2, 0.25) is 5.02 Å². The van der Waals surface area contributed by atoms with E-state index < -0.39 is 0 Å². The number of nitrogens with zero attached hydrogens (tertiary/aromatic N) is 1. The lowest BCUT2D eigenvalue weighted by molar-refractivity contribution is -0.143. The molecule has 26 heavy (non-hydrogen) atoms. The minimum atomic E-state index is -0.0603. The number of hydrogen-bond donors (Lipinski definition) is 1. The van der Waals surface area contributed by atoms with Gasteiger partial charge < -0.3 is 10.2 Å². The van der Waals surface area contributed by atoms with E-state index in [1.165, 1.54) is 12.0 Å². The molecule has 4 fully saturated rings. The van der Waals surface area contributed by atoms with E-state index in [2.05, 4.69) is 28.4 Å². The van der Waals surface area contributed by atoms with Crippen molar-refractivity contribution in [1.82, 2.24) is 10.2 Å². The van der Waals surface area contributed by atoms with Crippen LogP contribution in [-0.2, 0) is 15.0 Å². The van der Waals surface area contributed by atoms with Gasteiger partial charge in [-0.25, -0.2) is 0 Å². The lowest BCUT2D eigenvalue weighted by Crippen LogP contribution is -2.57. The van der Waals surface area contributed by atoms with E-state index >= 15 is 0 Å². The van der Waals surface area contributed by atoms with Crippen LogP contribution in [0.4, 0.5) is 0 Å². The SMILES string of the molecule is Cc1ccc(C23CCN(C(=O)[C@H]4C[C@]5(CCC(=O)N5)C4)CC2C3)cc1Cl. The van der Waals surface area contributed by atoms with Gasteiger partial charge in [-0.05, 0) is 62.1 Å². The molecule has 0 bridgehead atoms. The highest BCUT2D eigenvalue weighted by molar-refractivity contribution is 6.31. The van der Waals surface area contributed by atoms with Gasteiger partial charge >= 0.3 is 0 Å². The summed E-state index contributed by atoms with van der Waals surface area (Å²) in [5, 5.41) is 3.93. The summed E-state index contributed by atoms with van der Waals surface area (Å²) < 4.78 is 0. The zero-order valence-corrected chi connectivity index (χ0v) is 15.9. The van der Waals surface area contributed by atoms with Gasteiger partial charge in [-0.1, -0.05) is 23.7 Å². The number of carbonyl (C=O) groups excluding carboxylic acids is 2. The summed E-state index contributed by atoms with van der Waals surface area (Å²) in [6.45, 7) is 3.75. The van der Waals surface area contributed by atoms with E-state index in [0.717, 1.165) is 49.4 Å². The highest BCUT2D eigenvalue weighted by Gasteiger charge is 2.59. The molecule has 0 radical (unpaired) electrons. The van der Waals surface area contributed by atoms with Gasteiger partial charge in [0.15, 0.2) is 0 Å². The largest absolute Gasteiger partial charge is 0.351 e. The molecule has 0 aromatic heterocycles. The fourth-order valence-electron chi connectivity index (χ4n) is 5.61. The van der Waals surface area contributed by atoms with E-state index in [9.17, 15) is 9.59 Å². The number of carbonyl (C=O) groups is 2. The normalized spacial score (nSPS) is 37.9. The molecule has 2 amide bonds. The van der Waals surface area contributed by atoms with Crippen LogP contribution in [0, 0.1) is 18.8 Å². The van der Waals surface area contributed by atoms with Crippen molar-refractivity contribution in [3.8, 4) is 0 Å². The first-order chi connectivity index (χ1) is 12.4. The predicted octanol–water partition coefficient (Wildman–Crippen LogP) is 3.20. The zero-order valence-electron chi connectivity index (χ0n) is 15.2. The summed E-state index contributed by atoms with van der Waals surface area (Å²) in [5.41, 5.74) is 2.65. The van der Waals surface area contributed by atoms with Gasteiger partial charge in [0, 0.05) is 41.4 Å². The van der Waals surface area contributed by atoms with E-state index in [0.29, 0.717) is 18.2 Å². The number of hydrogen-bond acceptors (Lipinski definition) is 2. The zero-order chi connectivity index (χ0) is 18.1. The molecule has 5 rings (SSSR count). The molecule has 1 aromatic rings. The molecule has 5 heteroatoms. The van der Waals surface area contributed by atoms with Crippen molar-refractivity contribution in [2.24, 2.45) is 11.8 Å². The first-order valence-corrected chi connectivity index (χ1v) is 10.2. The van der Waals surface area contributed by atoms with Crippen LogP contribution in [0.5, 0.6) is 0 Å². The highest BCUT2D eigenvalue weighted by atomic mass is 35.5. The van der Waals surface area contributed by atoms with Crippen molar-refractivity contribution >= 4 is 23.4 Å². The smallest absolute Gasteiger partial charge is 0.225 e. The topological polar surface area (TPSA) is 49.4 Å². The molecule has 4 nitrogen and oxygen atoms in total. The standard InChI is InChI=1S/C21H25ClN2O2/c1-13-2-3-15(8-17(13)22)21-6-7-24(12-16(21)11-21)19(26)14-9-20(10-14)5-4-18(25)23-20/h2-3,8,14,16H,4-7,9-12H2,1H3,(H,23,25)/t14-,16?,20+,21?. The molecule has 2 saturated carbocycles. The molecule has 1 N–H and O–H groups in total. The molecule has 2 aliphatic carbocycles. The monoisotopic (exact) mass is 372 g/mol. The van der Waals surface area contributed by atoms with Gasteiger partial charge in [-0.3, -0.25) is 9.59 Å². The summed E-state index contributed by atoms with van der Waals surface area (Å²) in [6, 6.07) is 6.47. The Kier molecular flexibility index (Phi) is 3.50. The second-order valence-electron chi connectivity index (χ2n) is 8.99. The Morgan fingerprint density at radius 3 is 2.73 bits per heavy atom. The fourth-order valence-corrected chi connectivity index (χ4v) is 5.80. The van der Waals surface area contributed by atoms with Crippen LogP contribution in [0.1, 0.15) is 49.7 Å². The van der Waals surface area contributed by atoms with Crippen molar-refractivity contribution in [3.63, 3.8) is 0 Å². The number of amides is 2. The van der Waals surface area contributed by atoms with Crippen LogP contribution < -0.4 is 5.32 Å². The second kappa shape index (κ2) is 5.48. The van der Waals surface area contributed by atoms with E-state index in [1.54, 1.807) is 0 Å². The molecule has 2 aliphatic heterocycles. The van der Waals surface area contributed by atoms with Crippen molar-refractivity contribution in [2.45, 2.75) is 56.4 Å². The third-order valence-electron chi connectivity index (χ3n) is 7.42. The maximum Gasteiger partial charge on any atom is 0.225 e. The molecule has 138 valence electrons. The number of rotatable bonds is 2. The fraction of sp³-hybridized carbons (Fsp3) is 0.619. The molecule has 1 aromatic carbocycles. The van der Waals surface area contributed by atoms with Gasteiger partial charge in [-0.2, -0.15) is 0 Å². The first kappa shape index (κ1) is 16.6. The summed E-state index contributed by atoms with van der Waals surface area (Å²) in [4.78, 5) is 26.5. The number of halogens is 1. The second-order valence-corrected chi connectivity index (χ2v) is 9.40. The summed E-state index contributed by atoms with van der Waals surface area (Å²) in [6.07, 6.45) is 5.39. The summed E-state index contributed by atoms with van der Waals surface area (Å²) >= 11 is 6.34. The molecule has 2 unspecified atom stereocenters. The molecule has 4 aliphatic rings. The van der Waals surface area contributed by atoms with Gasteiger partial charge in [0.05, 0.1) is 0 Å². The first-order valence-electron chi connectivity index (χ1n) is 9.77. The number of piperidine rings is 1. The Morgan fingerprint density at radius 2 is 2.08 bits per heavy atom. The van der Waals surface area contributed by atoms with E-state index in [1.807, 2.05) is 6.92 Å². The third kappa shape index (κ3) is 2.41. The number of aryl methyl sites for hydroxylation is 1. The Hall–Kier alpha value is -1.55. The van der Waals surface area contributed by atoms with Crippen LogP contribution in [0.25, 0.3) is 0 Å². The Labute approximate surface area is 159 Å². The Morgan fingerprint density at radius 1 is 1.27 bits per heavy atom. The van der Waals surface area contributed by atoms with Crippen LogP contribution >= 0.6 is 11.6 Å². The van der Waals surface area contributed by atoms with Crippen molar-refractivity contribution in [2.75, 3.05) is 13.1 Å². The number of fused-ring (bicyclic) bond motifs is 1. The van der Waals surface area contributed by atoms with Crippen LogP contribution in [-0.4, -0.2) is 35.3 Å². The predicted molar refractivity (Wildman–Crippen MR) is 100 cm³/mol. The lowest BCUT2D eigenvalue weighted by Gasteiger charge is -2.46. The number of benzene rings is 1. The van der Waals surface area contributed by atoms with E-state index in [-0.39, 0.29) is 22.8 Å². The van der Waals surface area contributed by atoms with Crippen molar-refractivity contribution in [1.29, 1.82) is 0 Å². The quantitative estimate of drug-likeness (QED) is 0.866. The maximum atomic E-state index is 12.9. The molecular weight excluding hydrogens is 348 g/mol. The summed E-state index contributed by atoms with van der Waals surface area (Å²) in [7, 11) is 0. The number of likely N-dealkylation sites (tertiary alicyclic amines) is 1. The average molecular weight is 373 g/mol. The molecule has 2 saturated heterocycles. The van der Waals surface area contributed by atoms with E-state index in [4.69, 9.17) is 11.6 Å². The Balaban J connectivity index is 1.22. The molecule has 1 spiro atoms.